The first-order valence-electron chi connectivity index (χ1n) is 17.0. The Morgan fingerprint density at radius 3 is 2.12 bits per heavy atom. The third-order valence-corrected chi connectivity index (χ3v) is 10.5. The number of amides is 2. The van der Waals surface area contributed by atoms with E-state index in [4.69, 9.17) is 37.9 Å². The van der Waals surface area contributed by atoms with E-state index in [0.717, 1.165) is 66.1 Å². The molecule has 4 N–H and O–H groups in total. The lowest BCUT2D eigenvalue weighted by Gasteiger charge is -2.33. The van der Waals surface area contributed by atoms with Crippen LogP contribution in [0.4, 0.5) is 5.82 Å². The first-order valence-corrected chi connectivity index (χ1v) is 17.8. The van der Waals surface area contributed by atoms with Crippen molar-refractivity contribution in [2.75, 3.05) is 38.7 Å². The summed E-state index contributed by atoms with van der Waals surface area (Å²) < 4.78 is 5.60. The number of hydrogen-bond donors (Lipinski definition) is 4. The Bertz CT molecular complexity index is 1920. The Hall–Kier alpha value is -4.29. The molecule has 4 aromatic rings. The number of hydrogen-bond acceptors (Lipinski definition) is 9. The number of benzene rings is 2. The normalized spacial score (nSPS) is 20.1. The lowest BCUT2D eigenvalue weighted by Crippen LogP contribution is -2.40. The number of carbonyl (C=O) groups is 2. The van der Waals surface area contributed by atoms with E-state index in [1.807, 2.05) is 42.5 Å². The summed E-state index contributed by atoms with van der Waals surface area (Å²) in [5, 5.41) is 14.1. The predicted octanol–water partition coefficient (Wildman–Crippen LogP) is 5.31. The molecule has 0 aliphatic carbocycles. The second-order valence-corrected chi connectivity index (χ2v) is 13.8. The maximum absolute atomic E-state index is 11.7. The summed E-state index contributed by atoms with van der Waals surface area (Å²) in [6.45, 7) is 2.68. The Morgan fingerprint density at radius 2 is 1.48 bits per heavy atom. The van der Waals surface area contributed by atoms with Crippen molar-refractivity contribution in [1.29, 1.82) is 0 Å². The Morgan fingerprint density at radius 1 is 0.840 bits per heavy atom. The van der Waals surface area contributed by atoms with Crippen molar-refractivity contribution in [2.45, 2.75) is 56.8 Å². The molecule has 13 heteroatoms. The van der Waals surface area contributed by atoms with E-state index < -0.39 is 0 Å². The molecule has 3 aliphatic rings. The zero-order chi connectivity index (χ0) is 34.8. The highest BCUT2D eigenvalue weighted by Gasteiger charge is 2.28. The molecule has 11 nitrogen and oxygen atoms in total. The molecule has 0 unspecified atom stereocenters. The quantitative estimate of drug-likeness (QED) is 0.163. The number of rotatable bonds is 11. The van der Waals surface area contributed by atoms with Gasteiger partial charge in [-0.15, -0.1) is 0 Å². The third-order valence-electron chi connectivity index (χ3n) is 9.70. The molecule has 2 saturated heterocycles. The van der Waals surface area contributed by atoms with Crippen LogP contribution in [0.25, 0.3) is 33.6 Å². The van der Waals surface area contributed by atoms with Crippen molar-refractivity contribution in [3.05, 3.63) is 76.0 Å². The van der Waals surface area contributed by atoms with Gasteiger partial charge in [0.2, 0.25) is 17.7 Å². The number of aromatic nitrogens is 3. The molecular formula is C37H40Cl2N8O3. The van der Waals surface area contributed by atoms with Crippen LogP contribution in [0.15, 0.2) is 54.7 Å². The standard InChI is InChI=1S/C37H40Cl2N8O3/c1-47-16-15-28(41-18-22-10-14-33(49)44-22)27-11-12-29(45-36(27)47)25-7-3-5-23(34(25)38)24-6-4-8-26(35(24)39)30-20-42-31(37(46-30)50-2)19-40-17-21-9-13-32(48)43-21/h3-8,11-12,20-22,28,40-41H,9-10,13-19H2,1-2H3,(H,43,48)(H,44,49)/t21-,22-,28-/m1/s1. The summed E-state index contributed by atoms with van der Waals surface area (Å²) in [5.74, 6) is 1.53. The number of carbonyl (C=O) groups excluding carboxylic acids is 2. The highest BCUT2D eigenvalue weighted by atomic mass is 35.5. The zero-order valence-corrected chi connectivity index (χ0v) is 29.6. The Balaban J connectivity index is 1.12. The summed E-state index contributed by atoms with van der Waals surface area (Å²) in [5.41, 5.74) is 6.20. The number of nitrogens with one attached hydrogen (secondary N) is 4. The van der Waals surface area contributed by atoms with Gasteiger partial charge in [-0.2, -0.15) is 0 Å². The minimum absolute atomic E-state index is 0.0875. The van der Waals surface area contributed by atoms with Gasteiger partial charge in [-0.1, -0.05) is 65.7 Å². The van der Waals surface area contributed by atoms with E-state index in [9.17, 15) is 9.59 Å². The van der Waals surface area contributed by atoms with Crippen LogP contribution in [-0.2, 0) is 16.1 Å². The Kier molecular flexibility index (Phi) is 10.2. The lowest BCUT2D eigenvalue weighted by molar-refractivity contribution is -0.120. The van der Waals surface area contributed by atoms with Gasteiger partial charge in [-0.25, -0.2) is 9.97 Å². The van der Waals surface area contributed by atoms with Gasteiger partial charge in [-0.3, -0.25) is 14.6 Å². The van der Waals surface area contributed by atoms with Crippen molar-refractivity contribution in [1.82, 2.24) is 36.2 Å². The largest absolute Gasteiger partial charge is 0.480 e. The number of nitrogens with zero attached hydrogens (tertiary/aromatic N) is 4. The van der Waals surface area contributed by atoms with Crippen molar-refractivity contribution in [2.24, 2.45) is 0 Å². The van der Waals surface area contributed by atoms with Crippen molar-refractivity contribution in [3.63, 3.8) is 0 Å². The number of ether oxygens (including phenoxy) is 1. The molecule has 3 atom stereocenters. The van der Waals surface area contributed by atoms with Crippen LogP contribution < -0.4 is 30.9 Å². The second-order valence-electron chi connectivity index (χ2n) is 13.1. The second kappa shape index (κ2) is 14.9. The molecule has 7 rings (SSSR count). The molecule has 2 fully saturated rings. The molecule has 0 spiro atoms. The van der Waals surface area contributed by atoms with Gasteiger partial charge in [0, 0.05) is 92.0 Å². The van der Waals surface area contributed by atoms with E-state index in [1.54, 1.807) is 13.3 Å². The van der Waals surface area contributed by atoms with Crippen LogP contribution in [0.5, 0.6) is 5.88 Å². The van der Waals surface area contributed by atoms with Gasteiger partial charge < -0.3 is 30.9 Å². The molecule has 5 heterocycles. The van der Waals surface area contributed by atoms with Gasteiger partial charge in [0.05, 0.1) is 34.7 Å². The maximum atomic E-state index is 11.7. The fourth-order valence-corrected chi connectivity index (χ4v) is 7.63. The summed E-state index contributed by atoms with van der Waals surface area (Å²) in [6.07, 6.45) is 5.48. The summed E-state index contributed by atoms with van der Waals surface area (Å²) in [6, 6.07) is 16.3. The maximum Gasteiger partial charge on any atom is 0.237 e. The predicted molar refractivity (Wildman–Crippen MR) is 195 cm³/mol. The molecule has 0 radical (unpaired) electrons. The number of pyridine rings is 1. The molecular weight excluding hydrogens is 675 g/mol. The molecule has 50 heavy (non-hydrogen) atoms. The van der Waals surface area contributed by atoms with Gasteiger partial charge in [0.25, 0.3) is 0 Å². The third kappa shape index (κ3) is 7.14. The van der Waals surface area contributed by atoms with Crippen LogP contribution in [0.3, 0.4) is 0 Å². The minimum atomic E-state index is 0.0875. The topological polar surface area (TPSA) is 133 Å². The SMILES string of the molecule is COc1nc(-c2cccc(-c3cccc(-c4ccc5c(n4)N(C)CC[C@H]5NC[C@H]4CCC(=O)N4)c3Cl)c2Cl)cnc1CNC[C@H]1CCC(=O)N1. The fraction of sp³-hybridized carbons (Fsp3) is 0.378. The summed E-state index contributed by atoms with van der Waals surface area (Å²) in [4.78, 5) is 39.9. The average Bonchev–Trinajstić information content (AvgIpc) is 3.75. The molecule has 2 amide bonds. The number of methoxy groups -OCH3 is 1. The van der Waals surface area contributed by atoms with E-state index in [1.165, 1.54) is 0 Å². The van der Waals surface area contributed by atoms with Crippen LogP contribution in [-0.4, -0.2) is 72.6 Å². The molecule has 3 aliphatic heterocycles. The van der Waals surface area contributed by atoms with E-state index in [-0.39, 0.29) is 29.9 Å². The summed E-state index contributed by atoms with van der Waals surface area (Å²) >= 11 is 14.3. The van der Waals surface area contributed by atoms with Crippen LogP contribution >= 0.6 is 23.2 Å². The first kappa shape index (κ1) is 34.2. The van der Waals surface area contributed by atoms with E-state index >= 15 is 0 Å². The van der Waals surface area contributed by atoms with Gasteiger partial charge in [-0.05, 0) is 25.3 Å². The van der Waals surface area contributed by atoms with Crippen molar-refractivity contribution in [3.8, 4) is 39.5 Å². The highest BCUT2D eigenvalue weighted by molar-refractivity contribution is 6.39. The van der Waals surface area contributed by atoms with Crippen LogP contribution in [0.2, 0.25) is 10.0 Å². The number of anilines is 1. The monoisotopic (exact) mass is 714 g/mol. The van der Waals surface area contributed by atoms with Crippen LogP contribution in [0, 0.1) is 0 Å². The van der Waals surface area contributed by atoms with Crippen molar-refractivity contribution < 1.29 is 14.3 Å². The minimum Gasteiger partial charge on any atom is -0.480 e. The molecule has 260 valence electrons. The van der Waals surface area contributed by atoms with Gasteiger partial charge in [0.1, 0.15) is 11.5 Å². The van der Waals surface area contributed by atoms with E-state index in [0.29, 0.717) is 58.8 Å². The zero-order valence-electron chi connectivity index (χ0n) is 28.1. The molecule has 2 aromatic carbocycles. The summed E-state index contributed by atoms with van der Waals surface area (Å²) in [7, 11) is 3.63. The number of halogens is 2. The smallest absolute Gasteiger partial charge is 0.237 e. The number of fused-ring (bicyclic) bond motifs is 1. The average molecular weight is 716 g/mol. The van der Waals surface area contributed by atoms with Gasteiger partial charge in [0.15, 0.2) is 0 Å². The van der Waals surface area contributed by atoms with Crippen molar-refractivity contribution >= 4 is 40.8 Å². The van der Waals surface area contributed by atoms with Crippen LogP contribution in [0.1, 0.15) is 49.4 Å². The molecule has 0 saturated carbocycles. The lowest BCUT2D eigenvalue weighted by atomic mass is 9.96. The highest BCUT2D eigenvalue weighted by Crippen LogP contribution is 2.43. The van der Waals surface area contributed by atoms with Gasteiger partial charge >= 0.3 is 0 Å². The Labute approximate surface area is 301 Å². The van der Waals surface area contributed by atoms with E-state index in [2.05, 4.69) is 44.3 Å². The molecule has 2 aromatic heterocycles. The molecule has 0 bridgehead atoms. The first-order chi connectivity index (χ1) is 24.3. The fourth-order valence-electron chi connectivity index (χ4n) is 6.98.